The Kier molecular flexibility index (Phi) is 6.63. The fourth-order valence-corrected chi connectivity index (χ4v) is 2.29. The van der Waals surface area contributed by atoms with Crippen LogP contribution in [0, 0.1) is 0 Å². The van der Waals surface area contributed by atoms with Crippen molar-refractivity contribution < 1.29 is 27.5 Å². The van der Waals surface area contributed by atoms with Crippen molar-refractivity contribution in [1.29, 1.82) is 0 Å². The lowest BCUT2D eigenvalue weighted by Gasteiger charge is -2.09. The molecule has 0 aliphatic heterocycles. The van der Waals surface area contributed by atoms with Crippen LogP contribution in [0.5, 0.6) is 5.75 Å². The molecule has 6 nitrogen and oxygen atoms in total. The van der Waals surface area contributed by atoms with Gasteiger partial charge < -0.3 is 10.1 Å². The molecule has 0 fully saturated rings. The van der Waals surface area contributed by atoms with E-state index in [1.807, 2.05) is 0 Å². The van der Waals surface area contributed by atoms with E-state index >= 15 is 0 Å². The number of anilines is 1. The molecular weight excluding hydrogens is 399 g/mol. The van der Waals surface area contributed by atoms with Crippen molar-refractivity contribution in [2.75, 3.05) is 12.4 Å². The summed E-state index contributed by atoms with van der Waals surface area (Å²) >= 11 is 5.88. The molecule has 148 valence electrons. The maximum absolute atomic E-state index is 12.3. The third-order valence-corrected chi connectivity index (χ3v) is 3.78. The Bertz CT molecular complexity index is 913. The third-order valence-electron chi connectivity index (χ3n) is 3.55. The Balaban J connectivity index is 2.08. The van der Waals surface area contributed by atoms with Gasteiger partial charge in [-0.3, -0.25) is 9.59 Å². The van der Waals surface area contributed by atoms with E-state index in [2.05, 4.69) is 10.5 Å². The minimum atomic E-state index is -4.97. The van der Waals surface area contributed by atoms with E-state index in [0.29, 0.717) is 22.0 Å². The molecule has 0 heterocycles. The lowest BCUT2D eigenvalue weighted by molar-refractivity contribution is -0.167. The first-order chi connectivity index (χ1) is 13.1. The maximum Gasteiger partial charge on any atom is 0.471 e. The number of amides is 2. The topological polar surface area (TPSA) is 79.8 Å². The number of benzene rings is 2. The number of nitrogens with one attached hydrogen (secondary N) is 2. The quantitative estimate of drug-likeness (QED) is 0.574. The number of hydrazone groups is 1. The normalized spacial score (nSPS) is 11.7. The maximum atomic E-state index is 12.3. The van der Waals surface area contributed by atoms with Crippen molar-refractivity contribution >= 4 is 34.8 Å². The van der Waals surface area contributed by atoms with E-state index in [-0.39, 0.29) is 11.3 Å². The van der Waals surface area contributed by atoms with Crippen LogP contribution >= 0.6 is 11.6 Å². The van der Waals surface area contributed by atoms with E-state index < -0.39 is 18.0 Å². The molecule has 0 atom stereocenters. The lowest BCUT2D eigenvalue weighted by atomic mass is 10.1. The van der Waals surface area contributed by atoms with Crippen LogP contribution in [0.4, 0.5) is 18.9 Å². The minimum absolute atomic E-state index is 0.0217. The standard InChI is InChI=1S/C18H15ClF3N3O3/c1-10(11-3-6-13(7-4-11)23-17(27)18(20,21)22)24-25-16(26)14-9-12(19)5-8-15(14)28-2/h3-9H,1-2H3,(H,23,27)(H,25,26). The van der Waals surface area contributed by atoms with Gasteiger partial charge in [0.15, 0.2) is 0 Å². The minimum Gasteiger partial charge on any atom is -0.496 e. The van der Waals surface area contributed by atoms with Crippen LogP contribution in [0.3, 0.4) is 0 Å². The highest BCUT2D eigenvalue weighted by atomic mass is 35.5. The molecule has 0 unspecified atom stereocenters. The molecule has 0 radical (unpaired) electrons. The first-order valence-electron chi connectivity index (χ1n) is 7.78. The second kappa shape index (κ2) is 8.75. The molecule has 0 aliphatic carbocycles. The summed E-state index contributed by atoms with van der Waals surface area (Å²) in [5.41, 5.74) is 3.45. The van der Waals surface area contributed by atoms with Gasteiger partial charge in [0.2, 0.25) is 0 Å². The van der Waals surface area contributed by atoms with Gasteiger partial charge in [-0.05, 0) is 42.8 Å². The van der Waals surface area contributed by atoms with Gasteiger partial charge >= 0.3 is 12.1 Å². The summed E-state index contributed by atoms with van der Waals surface area (Å²) in [7, 11) is 1.41. The van der Waals surface area contributed by atoms with Gasteiger partial charge in [-0.1, -0.05) is 23.7 Å². The van der Waals surface area contributed by atoms with Crippen LogP contribution in [0.25, 0.3) is 0 Å². The lowest BCUT2D eigenvalue weighted by Crippen LogP contribution is -2.29. The predicted molar refractivity (Wildman–Crippen MR) is 98.8 cm³/mol. The molecule has 0 spiro atoms. The number of rotatable bonds is 5. The summed E-state index contributed by atoms with van der Waals surface area (Å²) in [5.74, 6) is -2.29. The van der Waals surface area contributed by atoms with Crippen LogP contribution < -0.4 is 15.5 Å². The second-order valence-electron chi connectivity index (χ2n) is 5.51. The Morgan fingerprint density at radius 2 is 1.75 bits per heavy atom. The number of carbonyl (C=O) groups is 2. The number of hydrogen-bond donors (Lipinski definition) is 2. The number of ether oxygens (including phenoxy) is 1. The molecule has 0 aliphatic rings. The van der Waals surface area contributed by atoms with E-state index in [0.717, 1.165) is 0 Å². The molecule has 0 saturated heterocycles. The van der Waals surface area contributed by atoms with Crippen LogP contribution in [-0.4, -0.2) is 30.8 Å². The zero-order chi connectivity index (χ0) is 20.9. The van der Waals surface area contributed by atoms with Gasteiger partial charge in [0.25, 0.3) is 5.91 Å². The highest BCUT2D eigenvalue weighted by Gasteiger charge is 2.38. The molecule has 0 bridgehead atoms. The molecule has 0 aromatic heterocycles. The first-order valence-corrected chi connectivity index (χ1v) is 8.16. The van der Waals surface area contributed by atoms with Crippen molar-refractivity contribution in [2.45, 2.75) is 13.1 Å². The first kappa shape index (κ1) is 21.2. The summed E-state index contributed by atoms with van der Waals surface area (Å²) in [4.78, 5) is 23.2. The second-order valence-corrected chi connectivity index (χ2v) is 5.95. The zero-order valence-electron chi connectivity index (χ0n) is 14.7. The number of alkyl halides is 3. The van der Waals surface area contributed by atoms with E-state index in [1.165, 1.54) is 37.4 Å². The Morgan fingerprint density at radius 3 is 2.32 bits per heavy atom. The number of nitrogens with zero attached hydrogens (tertiary/aromatic N) is 1. The Labute approximate surface area is 163 Å². The van der Waals surface area contributed by atoms with Gasteiger partial charge in [-0.15, -0.1) is 0 Å². The average molecular weight is 414 g/mol. The monoisotopic (exact) mass is 413 g/mol. The third kappa shape index (κ3) is 5.46. The highest BCUT2D eigenvalue weighted by molar-refractivity contribution is 6.31. The van der Waals surface area contributed by atoms with Crippen molar-refractivity contribution in [3.8, 4) is 5.75 Å². The molecular formula is C18H15ClF3N3O3. The summed E-state index contributed by atoms with van der Waals surface area (Å²) in [6.45, 7) is 1.60. The van der Waals surface area contributed by atoms with Crippen LogP contribution in [0.15, 0.2) is 47.6 Å². The number of halogens is 4. The van der Waals surface area contributed by atoms with Crippen LogP contribution in [0.2, 0.25) is 5.02 Å². The largest absolute Gasteiger partial charge is 0.496 e. The van der Waals surface area contributed by atoms with Gasteiger partial charge in [-0.2, -0.15) is 18.3 Å². The van der Waals surface area contributed by atoms with Crippen molar-refractivity contribution in [3.05, 3.63) is 58.6 Å². The molecule has 10 heteroatoms. The SMILES string of the molecule is COc1ccc(Cl)cc1C(=O)NN=C(C)c1ccc(NC(=O)C(F)(F)F)cc1. The summed E-state index contributed by atoms with van der Waals surface area (Å²) < 4.78 is 41.8. The number of carbonyl (C=O) groups excluding carboxylic acids is 2. The summed E-state index contributed by atoms with van der Waals surface area (Å²) in [5, 5.41) is 6.04. The van der Waals surface area contributed by atoms with Gasteiger partial charge in [0.05, 0.1) is 18.4 Å². The molecule has 2 amide bonds. The molecule has 2 rings (SSSR count). The van der Waals surface area contributed by atoms with Crippen LogP contribution in [0.1, 0.15) is 22.8 Å². The summed E-state index contributed by atoms with van der Waals surface area (Å²) in [6.07, 6.45) is -4.97. The van der Waals surface area contributed by atoms with Gasteiger partial charge in [0, 0.05) is 10.7 Å². The van der Waals surface area contributed by atoms with Gasteiger partial charge in [0.1, 0.15) is 5.75 Å². The predicted octanol–water partition coefficient (Wildman–Crippen LogP) is 4.00. The van der Waals surface area contributed by atoms with Crippen molar-refractivity contribution in [2.24, 2.45) is 5.10 Å². The highest BCUT2D eigenvalue weighted by Crippen LogP contribution is 2.22. The number of methoxy groups -OCH3 is 1. The zero-order valence-corrected chi connectivity index (χ0v) is 15.5. The molecule has 2 aromatic carbocycles. The van der Waals surface area contributed by atoms with Gasteiger partial charge in [-0.25, -0.2) is 5.43 Å². The smallest absolute Gasteiger partial charge is 0.471 e. The molecule has 2 aromatic rings. The summed E-state index contributed by atoms with van der Waals surface area (Å²) in [6, 6.07) is 10.0. The van der Waals surface area contributed by atoms with E-state index in [9.17, 15) is 22.8 Å². The molecule has 28 heavy (non-hydrogen) atoms. The van der Waals surface area contributed by atoms with Crippen LogP contribution in [-0.2, 0) is 4.79 Å². The Hall–Kier alpha value is -3.07. The molecule has 0 saturated carbocycles. The molecule has 2 N–H and O–H groups in total. The average Bonchev–Trinajstić information content (AvgIpc) is 2.65. The fourth-order valence-electron chi connectivity index (χ4n) is 2.11. The Morgan fingerprint density at radius 1 is 1.11 bits per heavy atom. The van der Waals surface area contributed by atoms with Crippen molar-refractivity contribution in [3.63, 3.8) is 0 Å². The fraction of sp³-hybridized carbons (Fsp3) is 0.167. The van der Waals surface area contributed by atoms with E-state index in [4.69, 9.17) is 16.3 Å². The van der Waals surface area contributed by atoms with E-state index in [1.54, 1.807) is 24.4 Å². The number of hydrogen-bond acceptors (Lipinski definition) is 4. The van der Waals surface area contributed by atoms with Crippen molar-refractivity contribution in [1.82, 2.24) is 5.43 Å².